The summed E-state index contributed by atoms with van der Waals surface area (Å²) in [6.07, 6.45) is 1.03. The number of aromatic nitrogens is 1. The molecule has 0 aliphatic heterocycles. The summed E-state index contributed by atoms with van der Waals surface area (Å²) in [6.45, 7) is 5.17. The Kier molecular flexibility index (Phi) is 6.76. The summed E-state index contributed by atoms with van der Waals surface area (Å²) in [5.41, 5.74) is 5.75. The van der Waals surface area contributed by atoms with Gasteiger partial charge in [0.1, 0.15) is 0 Å². The Hall–Kier alpha value is -3.13. The first kappa shape index (κ1) is 20.2. The molecule has 4 rings (SSSR count). The Bertz CT molecular complexity index is 1030. The normalized spacial score (nSPS) is 10.7. The lowest BCUT2D eigenvalue weighted by atomic mass is 10.1. The maximum Gasteiger partial charge on any atom is 0.187 e. The molecule has 3 aromatic carbocycles. The van der Waals surface area contributed by atoms with E-state index in [9.17, 15) is 0 Å². The van der Waals surface area contributed by atoms with Crippen molar-refractivity contribution in [2.75, 3.05) is 18.4 Å². The molecule has 0 spiro atoms. The van der Waals surface area contributed by atoms with Crippen molar-refractivity contribution in [1.82, 2.24) is 9.88 Å². The second-order valence-corrected chi connectivity index (χ2v) is 8.02. The van der Waals surface area contributed by atoms with Crippen LogP contribution in [0.3, 0.4) is 0 Å². The van der Waals surface area contributed by atoms with Crippen molar-refractivity contribution in [3.8, 4) is 11.3 Å². The number of hydrogen-bond acceptors (Lipinski definition) is 4. The number of nitrogens with zero attached hydrogens (tertiary/aromatic N) is 2. The van der Waals surface area contributed by atoms with Crippen molar-refractivity contribution in [1.29, 1.82) is 0 Å². The van der Waals surface area contributed by atoms with Crippen LogP contribution in [0.2, 0.25) is 0 Å². The molecule has 0 radical (unpaired) electrons. The van der Waals surface area contributed by atoms with Crippen LogP contribution < -0.4 is 5.32 Å². The van der Waals surface area contributed by atoms with Crippen LogP contribution in [0.15, 0.2) is 78.2 Å². The predicted molar refractivity (Wildman–Crippen MR) is 126 cm³/mol. The van der Waals surface area contributed by atoms with Crippen molar-refractivity contribution in [2.45, 2.75) is 19.9 Å². The summed E-state index contributed by atoms with van der Waals surface area (Å²) >= 11 is 1.63. The Labute approximate surface area is 183 Å². The Morgan fingerprint density at radius 3 is 2.57 bits per heavy atom. The molecule has 1 aromatic heterocycles. The lowest BCUT2D eigenvalue weighted by molar-refractivity contribution is 0.283. The Balaban J connectivity index is 1.31. The van der Waals surface area contributed by atoms with Gasteiger partial charge in [-0.2, -0.15) is 0 Å². The molecule has 0 saturated carbocycles. The summed E-state index contributed by atoms with van der Waals surface area (Å²) < 4.78 is 0. The van der Waals surface area contributed by atoms with Gasteiger partial charge >= 0.3 is 0 Å². The van der Waals surface area contributed by atoms with Gasteiger partial charge in [0.2, 0.25) is 0 Å². The van der Waals surface area contributed by atoms with E-state index in [0.29, 0.717) is 0 Å². The second kappa shape index (κ2) is 10.1. The second-order valence-electron chi connectivity index (χ2n) is 7.16. The van der Waals surface area contributed by atoms with E-state index in [0.717, 1.165) is 48.1 Å². The van der Waals surface area contributed by atoms with Crippen LogP contribution >= 0.6 is 11.3 Å². The van der Waals surface area contributed by atoms with Crippen LogP contribution in [0.25, 0.3) is 11.3 Å². The number of nitrogens with one attached hydrogen (secondary N) is 1. The average molecular weight is 412 g/mol. The van der Waals surface area contributed by atoms with E-state index >= 15 is 0 Å². The van der Waals surface area contributed by atoms with Crippen LogP contribution in [0.5, 0.6) is 0 Å². The van der Waals surface area contributed by atoms with Crippen LogP contribution in [0, 0.1) is 12.1 Å². The van der Waals surface area contributed by atoms with Crippen molar-refractivity contribution < 1.29 is 0 Å². The van der Waals surface area contributed by atoms with Gasteiger partial charge in [-0.3, -0.25) is 4.90 Å². The largest absolute Gasteiger partial charge is 0.332 e. The monoisotopic (exact) mass is 411 g/mol. The lowest BCUT2D eigenvalue weighted by Crippen LogP contribution is -2.25. The molecule has 0 aliphatic rings. The third-order valence-electron chi connectivity index (χ3n) is 5.05. The molecular formula is C26H25N3S. The Morgan fingerprint density at radius 2 is 1.83 bits per heavy atom. The topological polar surface area (TPSA) is 28.2 Å². The fraction of sp³-hybridized carbons (Fsp3) is 0.192. The molecule has 1 N–H and O–H groups in total. The number of rotatable bonds is 9. The van der Waals surface area contributed by atoms with Crippen LogP contribution in [0.1, 0.15) is 18.1 Å². The van der Waals surface area contributed by atoms with Crippen molar-refractivity contribution in [3.63, 3.8) is 0 Å². The number of thiazole rings is 1. The third-order valence-corrected chi connectivity index (χ3v) is 5.80. The third kappa shape index (κ3) is 5.48. The van der Waals surface area contributed by atoms with E-state index < -0.39 is 0 Å². The maximum absolute atomic E-state index is 4.70. The quantitative estimate of drug-likeness (QED) is 0.354. The van der Waals surface area contributed by atoms with Crippen molar-refractivity contribution in [3.05, 3.63) is 101 Å². The number of likely N-dealkylation sites (N-methyl/N-ethyl adjacent to an activating group) is 1. The highest BCUT2D eigenvalue weighted by atomic mass is 32.1. The van der Waals surface area contributed by atoms with Crippen molar-refractivity contribution in [2.24, 2.45) is 0 Å². The van der Waals surface area contributed by atoms with Gasteiger partial charge in [0, 0.05) is 35.3 Å². The van der Waals surface area contributed by atoms with Crippen LogP contribution in [0.4, 0.5) is 10.8 Å². The van der Waals surface area contributed by atoms with Crippen molar-refractivity contribution >= 4 is 22.2 Å². The van der Waals surface area contributed by atoms with E-state index in [1.165, 1.54) is 11.1 Å². The predicted octanol–water partition coefficient (Wildman–Crippen LogP) is 6.22. The fourth-order valence-corrected chi connectivity index (χ4v) is 4.05. The zero-order valence-corrected chi connectivity index (χ0v) is 18.0. The molecule has 30 heavy (non-hydrogen) atoms. The van der Waals surface area contributed by atoms with E-state index in [4.69, 9.17) is 4.98 Å². The molecule has 3 nitrogen and oxygen atoms in total. The minimum atomic E-state index is 0.912. The van der Waals surface area contributed by atoms with Gasteiger partial charge in [-0.15, -0.1) is 11.3 Å². The minimum absolute atomic E-state index is 0.912. The highest BCUT2D eigenvalue weighted by molar-refractivity contribution is 7.14. The van der Waals surface area contributed by atoms with Gasteiger partial charge < -0.3 is 5.32 Å². The lowest BCUT2D eigenvalue weighted by Gasteiger charge is -2.19. The zero-order valence-electron chi connectivity index (χ0n) is 17.1. The molecule has 4 aromatic rings. The average Bonchev–Trinajstić information content (AvgIpc) is 3.27. The fourth-order valence-electron chi connectivity index (χ4n) is 3.31. The van der Waals surface area contributed by atoms with Gasteiger partial charge in [-0.05, 0) is 42.8 Å². The molecule has 0 fully saturated rings. The molecule has 4 heteroatoms. The highest BCUT2D eigenvalue weighted by Gasteiger charge is 2.06. The SMILES string of the molecule is CCN(CCc1ccc(Nc2nc(-c3ccccc3)cs2)cc1)Cc1c#cccc1. The number of benzene rings is 2. The summed E-state index contributed by atoms with van der Waals surface area (Å²) in [7, 11) is 0. The first-order chi connectivity index (χ1) is 14.8. The molecule has 0 amide bonds. The van der Waals surface area contributed by atoms with E-state index in [1.807, 2.05) is 30.3 Å². The first-order valence-electron chi connectivity index (χ1n) is 10.3. The summed E-state index contributed by atoms with van der Waals surface area (Å²) in [6, 6.07) is 31.2. The van der Waals surface area contributed by atoms with Gasteiger partial charge in [0.25, 0.3) is 0 Å². The highest BCUT2D eigenvalue weighted by Crippen LogP contribution is 2.27. The van der Waals surface area contributed by atoms with Gasteiger partial charge in [0.05, 0.1) is 5.69 Å². The molecule has 0 unspecified atom stereocenters. The maximum atomic E-state index is 4.70. The molecule has 0 atom stereocenters. The molecule has 1 heterocycles. The summed E-state index contributed by atoms with van der Waals surface area (Å²) in [5, 5.41) is 6.42. The van der Waals surface area contributed by atoms with E-state index in [1.54, 1.807) is 11.3 Å². The molecule has 0 saturated heterocycles. The molecule has 0 bridgehead atoms. The van der Waals surface area contributed by atoms with Gasteiger partial charge in [-0.25, -0.2) is 4.98 Å². The molecule has 0 aliphatic carbocycles. The molecular weight excluding hydrogens is 386 g/mol. The van der Waals surface area contributed by atoms with E-state index in [2.05, 4.69) is 77.1 Å². The molecule has 150 valence electrons. The first-order valence-corrected chi connectivity index (χ1v) is 11.1. The van der Waals surface area contributed by atoms with Crippen LogP contribution in [-0.4, -0.2) is 23.0 Å². The van der Waals surface area contributed by atoms with Gasteiger partial charge in [0.15, 0.2) is 5.13 Å². The number of hydrogen-bond donors (Lipinski definition) is 1. The van der Waals surface area contributed by atoms with E-state index in [-0.39, 0.29) is 0 Å². The van der Waals surface area contributed by atoms with Gasteiger partial charge in [-0.1, -0.05) is 67.6 Å². The van der Waals surface area contributed by atoms with Crippen LogP contribution in [-0.2, 0) is 13.0 Å². The number of anilines is 2. The Morgan fingerprint density at radius 1 is 1.00 bits per heavy atom. The minimum Gasteiger partial charge on any atom is -0.332 e. The standard InChI is InChI=1S/C26H25N3S/c1-2-29(19-22-9-5-3-6-10-22)18-17-21-13-15-24(16-14-21)27-26-28-25(20-30-26)23-11-7-4-8-12-23/h3-5,7-9,11-16,20H,2,17-19H2,1H3,(H,27,28). The zero-order chi connectivity index (χ0) is 20.6. The summed E-state index contributed by atoms with van der Waals surface area (Å²) in [5.74, 6) is 0. The smallest absolute Gasteiger partial charge is 0.187 e. The summed E-state index contributed by atoms with van der Waals surface area (Å²) in [4.78, 5) is 7.14.